The molecule has 1 aliphatic heterocycles. The van der Waals surface area contributed by atoms with Gasteiger partial charge >= 0.3 is 0 Å². The predicted octanol–water partition coefficient (Wildman–Crippen LogP) is 2.96. The highest BCUT2D eigenvalue weighted by atomic mass is 16.3. The maximum absolute atomic E-state index is 13.4. The molecule has 2 amide bonds. The standard InChI is InChI=1S/C23H26N2O3/c1-3-24(4-2)22(28)23(16-10-6-5-7-11-16)14-17(23)15-25-20(26)18-12-8-9-13-19(18)21(25)27/h5-13,17,20,26H,3-4,14-15H2,1-2H3. The molecule has 1 fully saturated rings. The second-order valence-corrected chi connectivity index (χ2v) is 7.63. The maximum Gasteiger partial charge on any atom is 0.256 e. The van der Waals surface area contributed by atoms with E-state index in [0.717, 1.165) is 5.56 Å². The first-order valence-electron chi connectivity index (χ1n) is 9.97. The van der Waals surface area contributed by atoms with E-state index in [2.05, 4.69) is 0 Å². The van der Waals surface area contributed by atoms with Gasteiger partial charge in [0, 0.05) is 30.8 Å². The lowest BCUT2D eigenvalue weighted by molar-refractivity contribution is -0.134. The number of aliphatic hydroxyl groups is 1. The Morgan fingerprint density at radius 3 is 2.39 bits per heavy atom. The summed E-state index contributed by atoms with van der Waals surface area (Å²) in [7, 11) is 0. The molecule has 1 saturated carbocycles. The zero-order valence-electron chi connectivity index (χ0n) is 16.3. The van der Waals surface area contributed by atoms with Crippen LogP contribution in [-0.4, -0.2) is 46.4 Å². The van der Waals surface area contributed by atoms with Crippen LogP contribution in [0.4, 0.5) is 0 Å². The minimum absolute atomic E-state index is 0.00378. The molecular weight excluding hydrogens is 352 g/mol. The first kappa shape index (κ1) is 18.7. The Hall–Kier alpha value is -2.66. The highest BCUT2D eigenvalue weighted by Gasteiger charge is 2.62. The van der Waals surface area contributed by atoms with E-state index in [1.54, 1.807) is 12.1 Å². The molecule has 3 unspecified atom stereocenters. The fourth-order valence-electron chi connectivity index (χ4n) is 4.59. The Kier molecular flexibility index (Phi) is 4.71. The SMILES string of the molecule is CCN(CC)C(=O)C1(c2ccccc2)CC1CN1C(=O)c2ccccc2C1O. The molecule has 5 nitrogen and oxygen atoms in total. The number of likely N-dealkylation sites (N-methyl/N-ethyl adjacent to an activating group) is 1. The average Bonchev–Trinajstić information content (AvgIpc) is 3.42. The van der Waals surface area contributed by atoms with Gasteiger partial charge in [0.15, 0.2) is 6.23 Å². The van der Waals surface area contributed by atoms with E-state index in [1.165, 1.54) is 4.90 Å². The van der Waals surface area contributed by atoms with Gasteiger partial charge in [0.05, 0.1) is 5.41 Å². The molecule has 146 valence electrons. The van der Waals surface area contributed by atoms with Crippen molar-refractivity contribution in [3.05, 3.63) is 71.3 Å². The summed E-state index contributed by atoms with van der Waals surface area (Å²) >= 11 is 0. The molecule has 1 N–H and O–H groups in total. The van der Waals surface area contributed by atoms with Gasteiger partial charge in [-0.2, -0.15) is 0 Å². The third-order valence-electron chi connectivity index (χ3n) is 6.27. The minimum atomic E-state index is -0.943. The molecule has 1 heterocycles. The number of aliphatic hydroxyl groups excluding tert-OH is 1. The summed E-state index contributed by atoms with van der Waals surface area (Å²) in [4.78, 5) is 29.6. The summed E-state index contributed by atoms with van der Waals surface area (Å²) in [5.41, 5.74) is 1.59. The van der Waals surface area contributed by atoms with Crippen LogP contribution >= 0.6 is 0 Å². The number of nitrogens with zero attached hydrogens (tertiary/aromatic N) is 2. The van der Waals surface area contributed by atoms with Gasteiger partial charge in [-0.15, -0.1) is 0 Å². The lowest BCUT2D eigenvalue weighted by Gasteiger charge is -2.28. The molecule has 0 radical (unpaired) electrons. The second-order valence-electron chi connectivity index (χ2n) is 7.63. The van der Waals surface area contributed by atoms with Crippen molar-refractivity contribution in [1.82, 2.24) is 9.80 Å². The van der Waals surface area contributed by atoms with Crippen LogP contribution in [-0.2, 0) is 10.2 Å². The van der Waals surface area contributed by atoms with Crippen LogP contribution in [0.25, 0.3) is 0 Å². The van der Waals surface area contributed by atoms with E-state index in [-0.39, 0.29) is 17.7 Å². The summed E-state index contributed by atoms with van der Waals surface area (Å²) in [5, 5.41) is 10.7. The molecule has 4 rings (SSSR count). The third-order valence-corrected chi connectivity index (χ3v) is 6.27. The molecule has 0 spiro atoms. The van der Waals surface area contributed by atoms with Crippen LogP contribution in [0.3, 0.4) is 0 Å². The van der Waals surface area contributed by atoms with E-state index < -0.39 is 11.6 Å². The number of fused-ring (bicyclic) bond motifs is 1. The second kappa shape index (κ2) is 7.06. The van der Waals surface area contributed by atoms with Crippen molar-refractivity contribution in [1.29, 1.82) is 0 Å². The minimum Gasteiger partial charge on any atom is -0.369 e. The fourth-order valence-corrected chi connectivity index (χ4v) is 4.59. The van der Waals surface area contributed by atoms with Crippen molar-refractivity contribution in [3.63, 3.8) is 0 Å². The lowest BCUT2D eigenvalue weighted by atomic mass is 9.91. The topological polar surface area (TPSA) is 60.9 Å². The van der Waals surface area contributed by atoms with Crippen LogP contribution in [0.5, 0.6) is 0 Å². The summed E-state index contributed by atoms with van der Waals surface area (Å²) in [5.74, 6) is -0.0458. The van der Waals surface area contributed by atoms with Gasteiger partial charge in [0.1, 0.15) is 0 Å². The zero-order chi connectivity index (χ0) is 19.9. The average molecular weight is 378 g/mol. The number of hydrogen-bond acceptors (Lipinski definition) is 3. The van der Waals surface area contributed by atoms with Gasteiger partial charge in [-0.05, 0) is 37.8 Å². The molecule has 1 aliphatic carbocycles. The molecule has 2 aromatic carbocycles. The molecule has 0 saturated heterocycles. The molecule has 0 aromatic heterocycles. The molecular formula is C23H26N2O3. The molecule has 2 aromatic rings. The van der Waals surface area contributed by atoms with Gasteiger partial charge in [0.25, 0.3) is 5.91 Å². The van der Waals surface area contributed by atoms with Gasteiger partial charge in [-0.1, -0.05) is 48.5 Å². The van der Waals surface area contributed by atoms with Crippen molar-refractivity contribution in [2.45, 2.75) is 31.9 Å². The van der Waals surface area contributed by atoms with E-state index >= 15 is 0 Å². The summed E-state index contributed by atoms with van der Waals surface area (Å²) in [6.07, 6.45) is -0.250. The Balaban J connectivity index is 1.62. The normalized spacial score (nSPS) is 25.5. The van der Waals surface area contributed by atoms with E-state index in [4.69, 9.17) is 0 Å². The Labute approximate surface area is 165 Å². The lowest BCUT2D eigenvalue weighted by Crippen LogP contribution is -2.42. The van der Waals surface area contributed by atoms with Gasteiger partial charge in [0.2, 0.25) is 5.91 Å². The number of carbonyl (C=O) groups is 2. The molecule has 5 heteroatoms. The number of hydrogen-bond donors (Lipinski definition) is 1. The number of carbonyl (C=O) groups excluding carboxylic acids is 2. The van der Waals surface area contributed by atoms with E-state index in [1.807, 2.05) is 61.2 Å². The Morgan fingerprint density at radius 2 is 1.75 bits per heavy atom. The van der Waals surface area contributed by atoms with E-state index in [0.29, 0.717) is 37.2 Å². The first-order valence-corrected chi connectivity index (χ1v) is 9.97. The van der Waals surface area contributed by atoms with Crippen LogP contribution in [0, 0.1) is 5.92 Å². The highest BCUT2D eigenvalue weighted by molar-refractivity contribution is 5.99. The van der Waals surface area contributed by atoms with Crippen molar-refractivity contribution in [3.8, 4) is 0 Å². The predicted molar refractivity (Wildman–Crippen MR) is 107 cm³/mol. The van der Waals surface area contributed by atoms with Crippen LogP contribution in [0.1, 0.15) is 48.0 Å². The summed E-state index contributed by atoms with van der Waals surface area (Å²) in [6, 6.07) is 17.0. The Bertz CT molecular complexity index is 894. The third kappa shape index (κ3) is 2.73. The van der Waals surface area contributed by atoms with Crippen LogP contribution < -0.4 is 0 Å². The van der Waals surface area contributed by atoms with Crippen LogP contribution in [0.15, 0.2) is 54.6 Å². The van der Waals surface area contributed by atoms with Gasteiger partial charge in [-0.25, -0.2) is 0 Å². The van der Waals surface area contributed by atoms with Gasteiger partial charge < -0.3 is 14.9 Å². The van der Waals surface area contributed by atoms with E-state index in [9.17, 15) is 14.7 Å². The largest absolute Gasteiger partial charge is 0.369 e. The Morgan fingerprint density at radius 1 is 1.11 bits per heavy atom. The fraction of sp³-hybridized carbons (Fsp3) is 0.391. The monoisotopic (exact) mass is 378 g/mol. The first-order chi connectivity index (χ1) is 13.5. The maximum atomic E-state index is 13.4. The van der Waals surface area contributed by atoms with Crippen molar-refractivity contribution < 1.29 is 14.7 Å². The van der Waals surface area contributed by atoms with Crippen LogP contribution in [0.2, 0.25) is 0 Å². The van der Waals surface area contributed by atoms with Gasteiger partial charge in [-0.3, -0.25) is 9.59 Å². The smallest absolute Gasteiger partial charge is 0.256 e. The van der Waals surface area contributed by atoms with Crippen molar-refractivity contribution in [2.24, 2.45) is 5.92 Å². The number of amides is 2. The molecule has 0 bridgehead atoms. The highest BCUT2D eigenvalue weighted by Crippen LogP contribution is 2.56. The number of benzene rings is 2. The molecule has 28 heavy (non-hydrogen) atoms. The van der Waals surface area contributed by atoms with Crippen molar-refractivity contribution >= 4 is 11.8 Å². The summed E-state index contributed by atoms with van der Waals surface area (Å²) < 4.78 is 0. The van der Waals surface area contributed by atoms with Crippen molar-refractivity contribution in [2.75, 3.05) is 19.6 Å². The zero-order valence-corrected chi connectivity index (χ0v) is 16.3. The molecule has 2 aliphatic rings. The number of rotatable bonds is 6. The molecule has 3 atom stereocenters. The quantitative estimate of drug-likeness (QED) is 0.841. The summed E-state index contributed by atoms with van der Waals surface area (Å²) in [6.45, 7) is 5.67.